The number of ether oxygens (including phenoxy) is 2. The SMILES string of the molecule is COc1ccccc1-c1noc(/C(Cl)=C/c2ccc(OCC#N)cc2)n1. The van der Waals surface area contributed by atoms with Crippen LogP contribution in [0.25, 0.3) is 22.5 Å². The van der Waals surface area contributed by atoms with Crippen LogP contribution in [0.15, 0.2) is 53.1 Å². The quantitative estimate of drug-likeness (QED) is 0.642. The zero-order valence-electron chi connectivity index (χ0n) is 13.8. The number of hydrogen-bond donors (Lipinski definition) is 0. The van der Waals surface area contributed by atoms with Crippen LogP contribution in [0.5, 0.6) is 11.5 Å². The third-order valence-corrected chi connectivity index (χ3v) is 3.73. The average molecular weight is 368 g/mol. The third-order valence-electron chi connectivity index (χ3n) is 3.46. The minimum atomic E-state index is 0.00362. The lowest BCUT2D eigenvalue weighted by molar-refractivity contribution is 0.368. The van der Waals surface area contributed by atoms with E-state index in [1.807, 2.05) is 42.5 Å². The van der Waals surface area contributed by atoms with Crippen LogP contribution in [0.2, 0.25) is 0 Å². The molecule has 0 unspecified atom stereocenters. The van der Waals surface area contributed by atoms with Gasteiger partial charge in [-0.15, -0.1) is 0 Å². The number of rotatable bonds is 6. The van der Waals surface area contributed by atoms with Crippen molar-refractivity contribution < 1.29 is 14.0 Å². The first-order chi connectivity index (χ1) is 12.7. The molecule has 1 heterocycles. The van der Waals surface area contributed by atoms with Crippen LogP contribution in [0.4, 0.5) is 0 Å². The predicted molar refractivity (Wildman–Crippen MR) is 97.6 cm³/mol. The van der Waals surface area contributed by atoms with Gasteiger partial charge in [0.25, 0.3) is 5.89 Å². The second kappa shape index (κ2) is 8.19. The molecule has 0 aliphatic carbocycles. The fourth-order valence-corrected chi connectivity index (χ4v) is 2.45. The first-order valence-electron chi connectivity index (χ1n) is 7.65. The molecule has 0 amide bonds. The molecule has 1 aromatic heterocycles. The zero-order chi connectivity index (χ0) is 18.4. The van der Waals surface area contributed by atoms with E-state index in [1.54, 1.807) is 25.3 Å². The first kappa shape index (κ1) is 17.5. The van der Waals surface area contributed by atoms with Crippen molar-refractivity contribution in [2.24, 2.45) is 0 Å². The van der Waals surface area contributed by atoms with Gasteiger partial charge >= 0.3 is 0 Å². The minimum Gasteiger partial charge on any atom is -0.496 e. The van der Waals surface area contributed by atoms with Crippen molar-refractivity contribution in [3.8, 4) is 29.0 Å². The molecule has 3 aromatic rings. The third kappa shape index (κ3) is 4.02. The predicted octanol–water partition coefficient (Wildman–Crippen LogP) is 4.38. The normalized spacial score (nSPS) is 11.0. The highest BCUT2D eigenvalue weighted by Gasteiger charge is 2.14. The molecule has 0 fully saturated rings. The molecule has 0 bridgehead atoms. The van der Waals surface area contributed by atoms with E-state index in [4.69, 9.17) is 30.9 Å². The van der Waals surface area contributed by atoms with E-state index in [0.29, 0.717) is 27.9 Å². The first-order valence-corrected chi connectivity index (χ1v) is 8.03. The van der Waals surface area contributed by atoms with Crippen LogP contribution in [0.3, 0.4) is 0 Å². The van der Waals surface area contributed by atoms with Crippen LogP contribution >= 0.6 is 11.6 Å². The minimum absolute atomic E-state index is 0.00362. The summed E-state index contributed by atoms with van der Waals surface area (Å²) in [5.41, 5.74) is 1.55. The number of para-hydroxylation sites is 1. The van der Waals surface area contributed by atoms with E-state index in [9.17, 15) is 0 Å². The molecule has 0 aliphatic rings. The zero-order valence-corrected chi connectivity index (χ0v) is 14.6. The van der Waals surface area contributed by atoms with Gasteiger partial charge < -0.3 is 14.0 Å². The van der Waals surface area contributed by atoms with Crippen LogP contribution in [0, 0.1) is 11.3 Å². The number of nitrogens with zero attached hydrogens (tertiary/aromatic N) is 3. The molecule has 26 heavy (non-hydrogen) atoms. The van der Waals surface area contributed by atoms with Gasteiger partial charge in [-0.2, -0.15) is 10.2 Å². The summed E-state index contributed by atoms with van der Waals surface area (Å²) in [5.74, 6) is 1.85. The summed E-state index contributed by atoms with van der Waals surface area (Å²) in [6, 6.07) is 16.4. The van der Waals surface area contributed by atoms with Crippen molar-refractivity contribution in [3.05, 3.63) is 60.0 Å². The fraction of sp³-hybridized carbons (Fsp3) is 0.105. The molecule has 130 valence electrons. The van der Waals surface area contributed by atoms with Crippen molar-refractivity contribution in [2.45, 2.75) is 0 Å². The van der Waals surface area contributed by atoms with E-state index in [-0.39, 0.29) is 12.5 Å². The van der Waals surface area contributed by atoms with Crippen LogP contribution in [0.1, 0.15) is 11.5 Å². The van der Waals surface area contributed by atoms with E-state index < -0.39 is 0 Å². The number of methoxy groups -OCH3 is 1. The van der Waals surface area contributed by atoms with Gasteiger partial charge in [-0.3, -0.25) is 0 Å². The van der Waals surface area contributed by atoms with Gasteiger partial charge in [0.05, 0.1) is 12.7 Å². The Morgan fingerprint density at radius 2 is 2.00 bits per heavy atom. The molecule has 0 atom stereocenters. The average Bonchev–Trinajstić information content (AvgIpc) is 3.17. The molecule has 3 rings (SSSR count). The monoisotopic (exact) mass is 367 g/mol. The molecule has 0 spiro atoms. The maximum absolute atomic E-state index is 8.51. The van der Waals surface area contributed by atoms with Gasteiger partial charge in [-0.25, -0.2) is 0 Å². The fourth-order valence-electron chi connectivity index (χ4n) is 2.24. The van der Waals surface area contributed by atoms with Crippen molar-refractivity contribution in [1.82, 2.24) is 10.1 Å². The molecular weight excluding hydrogens is 354 g/mol. The summed E-state index contributed by atoms with van der Waals surface area (Å²) >= 11 is 6.30. The largest absolute Gasteiger partial charge is 0.496 e. The van der Waals surface area contributed by atoms with Gasteiger partial charge in [0.15, 0.2) is 6.61 Å². The van der Waals surface area contributed by atoms with E-state index in [0.717, 1.165) is 5.56 Å². The second-order valence-electron chi connectivity index (χ2n) is 5.13. The molecule has 7 heteroatoms. The molecule has 0 saturated heterocycles. The van der Waals surface area contributed by atoms with Crippen LogP contribution in [-0.2, 0) is 0 Å². The summed E-state index contributed by atoms with van der Waals surface area (Å²) in [6.45, 7) is 0.00362. The summed E-state index contributed by atoms with van der Waals surface area (Å²) < 4.78 is 15.8. The Balaban J connectivity index is 1.80. The van der Waals surface area contributed by atoms with Crippen LogP contribution < -0.4 is 9.47 Å². The number of hydrogen-bond acceptors (Lipinski definition) is 6. The number of benzene rings is 2. The molecule has 2 aromatic carbocycles. The lowest BCUT2D eigenvalue weighted by Gasteiger charge is -2.03. The second-order valence-corrected chi connectivity index (χ2v) is 5.54. The van der Waals surface area contributed by atoms with Crippen molar-refractivity contribution in [3.63, 3.8) is 0 Å². The Kier molecular flexibility index (Phi) is 5.52. The van der Waals surface area contributed by atoms with Crippen LogP contribution in [-0.4, -0.2) is 23.9 Å². The van der Waals surface area contributed by atoms with Gasteiger partial charge in [-0.1, -0.05) is 41.0 Å². The number of nitriles is 1. The highest BCUT2D eigenvalue weighted by Crippen LogP contribution is 2.29. The molecule has 0 radical (unpaired) electrons. The number of aromatic nitrogens is 2. The summed E-state index contributed by atoms with van der Waals surface area (Å²) in [5, 5.41) is 12.8. The van der Waals surface area contributed by atoms with Crippen molar-refractivity contribution >= 4 is 22.7 Å². The van der Waals surface area contributed by atoms with Gasteiger partial charge in [0.2, 0.25) is 5.82 Å². The lowest BCUT2D eigenvalue weighted by atomic mass is 10.2. The number of halogens is 1. The van der Waals surface area contributed by atoms with E-state index >= 15 is 0 Å². The summed E-state index contributed by atoms with van der Waals surface area (Å²) in [7, 11) is 1.58. The van der Waals surface area contributed by atoms with Gasteiger partial charge in [-0.05, 0) is 35.9 Å². The Hall–Kier alpha value is -3.30. The van der Waals surface area contributed by atoms with E-state index in [1.165, 1.54) is 0 Å². The highest BCUT2D eigenvalue weighted by atomic mass is 35.5. The molecule has 0 saturated carbocycles. The lowest BCUT2D eigenvalue weighted by Crippen LogP contribution is -1.92. The Labute approximate surface area is 155 Å². The molecule has 0 aliphatic heterocycles. The maximum atomic E-state index is 8.51. The topological polar surface area (TPSA) is 81.2 Å². The molecular formula is C19H14ClN3O3. The maximum Gasteiger partial charge on any atom is 0.269 e. The van der Waals surface area contributed by atoms with E-state index in [2.05, 4.69) is 10.1 Å². The van der Waals surface area contributed by atoms with Gasteiger partial charge in [0.1, 0.15) is 22.6 Å². The van der Waals surface area contributed by atoms with Crippen molar-refractivity contribution in [1.29, 1.82) is 5.26 Å². The summed E-state index contributed by atoms with van der Waals surface area (Å²) in [4.78, 5) is 4.32. The Morgan fingerprint density at radius 3 is 2.73 bits per heavy atom. The standard InChI is InChI=1S/C19H14ClN3O3/c1-24-17-5-3-2-4-15(17)18-22-19(26-23-18)16(20)12-13-6-8-14(9-7-13)25-11-10-21/h2-9,12H,11H2,1H3/b16-12-. The Bertz CT molecular complexity index is 959. The smallest absolute Gasteiger partial charge is 0.269 e. The highest BCUT2D eigenvalue weighted by molar-refractivity contribution is 6.50. The van der Waals surface area contributed by atoms with Gasteiger partial charge in [0, 0.05) is 0 Å². The molecule has 6 nitrogen and oxygen atoms in total. The summed E-state index contributed by atoms with van der Waals surface area (Å²) in [6.07, 6.45) is 1.70. The molecule has 0 N–H and O–H groups in total. The van der Waals surface area contributed by atoms with Crippen molar-refractivity contribution in [2.75, 3.05) is 13.7 Å². The Morgan fingerprint density at radius 1 is 1.23 bits per heavy atom.